The van der Waals surface area contributed by atoms with Crippen molar-refractivity contribution in [3.05, 3.63) is 23.3 Å². The minimum absolute atomic E-state index is 0.0620. The molecule has 3 rings (SSSR count). The highest BCUT2D eigenvalue weighted by Gasteiger charge is 2.58. The van der Waals surface area contributed by atoms with Gasteiger partial charge in [0.15, 0.2) is 0 Å². The fraction of sp³-hybridized carbons (Fsp3) is 0.692. The summed E-state index contributed by atoms with van der Waals surface area (Å²) in [6.45, 7) is 8.81. The molecule has 1 aromatic rings. The van der Waals surface area contributed by atoms with Crippen molar-refractivity contribution in [1.82, 2.24) is 0 Å². The average molecular weight is 431 g/mol. The van der Waals surface area contributed by atoms with Gasteiger partial charge in [0.05, 0.1) is 14.2 Å². The number of phenols is 1. The number of Topliss-reactive ketones (excluding diaryl/α,β-unsaturated/α-hetero) is 1. The van der Waals surface area contributed by atoms with E-state index in [2.05, 4.69) is 20.8 Å². The number of carbonyl (C=O) groups excluding carboxylic acids is 2. The van der Waals surface area contributed by atoms with Crippen molar-refractivity contribution in [3.63, 3.8) is 0 Å². The number of benzene rings is 1. The number of carbonyl (C=O) groups is 2. The maximum atomic E-state index is 13.0. The predicted octanol–water partition coefficient (Wildman–Crippen LogP) is 5.24. The van der Waals surface area contributed by atoms with E-state index in [4.69, 9.17) is 9.47 Å². The van der Waals surface area contributed by atoms with E-state index in [9.17, 15) is 14.7 Å². The van der Waals surface area contributed by atoms with E-state index in [0.717, 1.165) is 42.6 Å². The van der Waals surface area contributed by atoms with Gasteiger partial charge in [-0.1, -0.05) is 20.8 Å². The number of hydrogen-bond donors (Lipinski definition) is 1. The smallest absolute Gasteiger partial charge is 0.305 e. The van der Waals surface area contributed by atoms with E-state index < -0.39 is 0 Å². The average Bonchev–Trinajstić information content (AvgIpc) is 2.73. The molecule has 0 amide bonds. The van der Waals surface area contributed by atoms with Crippen molar-refractivity contribution in [1.29, 1.82) is 0 Å². The van der Waals surface area contributed by atoms with Crippen molar-refractivity contribution in [2.45, 2.75) is 72.6 Å². The maximum Gasteiger partial charge on any atom is 0.305 e. The zero-order valence-corrected chi connectivity index (χ0v) is 19.9. The first kappa shape index (κ1) is 23.6. The molecule has 2 fully saturated rings. The number of phenolic OH excluding ortho intramolecular Hbond substituents is 1. The molecule has 0 aromatic heterocycles. The summed E-state index contributed by atoms with van der Waals surface area (Å²) >= 11 is 0. The van der Waals surface area contributed by atoms with Gasteiger partial charge >= 0.3 is 5.97 Å². The molecule has 1 N–H and O–H groups in total. The molecule has 0 bridgehead atoms. The monoisotopic (exact) mass is 430 g/mol. The Bertz CT molecular complexity index is 846. The van der Waals surface area contributed by atoms with Gasteiger partial charge in [-0.3, -0.25) is 9.59 Å². The third-order valence-electron chi connectivity index (χ3n) is 8.72. The Labute approximate surface area is 186 Å². The van der Waals surface area contributed by atoms with E-state index in [1.165, 1.54) is 7.11 Å². The van der Waals surface area contributed by atoms with Gasteiger partial charge in [0.25, 0.3) is 0 Å². The molecule has 172 valence electrons. The third-order valence-corrected chi connectivity index (χ3v) is 8.72. The van der Waals surface area contributed by atoms with Crippen molar-refractivity contribution in [3.8, 4) is 11.5 Å². The van der Waals surface area contributed by atoms with E-state index in [-0.39, 0.29) is 29.1 Å². The number of hydrogen-bond acceptors (Lipinski definition) is 5. The third kappa shape index (κ3) is 4.20. The highest BCUT2D eigenvalue weighted by atomic mass is 16.5. The second kappa shape index (κ2) is 8.84. The number of rotatable bonds is 6. The van der Waals surface area contributed by atoms with Crippen LogP contribution in [0.15, 0.2) is 12.1 Å². The number of aryl methyl sites for hydroxylation is 1. The van der Waals surface area contributed by atoms with Gasteiger partial charge in [-0.25, -0.2) is 0 Å². The van der Waals surface area contributed by atoms with Gasteiger partial charge in [-0.05, 0) is 85.0 Å². The summed E-state index contributed by atoms with van der Waals surface area (Å²) in [5.41, 5.74) is 1.53. The van der Waals surface area contributed by atoms with Crippen LogP contribution in [-0.4, -0.2) is 31.1 Å². The Balaban J connectivity index is 1.96. The van der Waals surface area contributed by atoms with Gasteiger partial charge in [0, 0.05) is 18.8 Å². The number of esters is 1. The molecule has 0 radical (unpaired) electrons. The summed E-state index contributed by atoms with van der Waals surface area (Å²) in [5, 5.41) is 10.8. The normalized spacial score (nSPS) is 33.0. The topological polar surface area (TPSA) is 72.8 Å². The van der Waals surface area contributed by atoms with E-state index >= 15 is 0 Å². The fourth-order valence-corrected chi connectivity index (χ4v) is 6.67. The van der Waals surface area contributed by atoms with Crippen LogP contribution in [0.3, 0.4) is 0 Å². The Morgan fingerprint density at radius 1 is 1.23 bits per heavy atom. The van der Waals surface area contributed by atoms with Crippen LogP contribution in [0, 0.1) is 35.5 Å². The first-order valence-electron chi connectivity index (χ1n) is 11.5. The van der Waals surface area contributed by atoms with Crippen molar-refractivity contribution in [2.75, 3.05) is 14.2 Å². The Kier molecular flexibility index (Phi) is 6.73. The first-order valence-corrected chi connectivity index (χ1v) is 11.5. The number of methoxy groups -OCH3 is 2. The molecular formula is C26H38O5. The lowest BCUT2D eigenvalue weighted by Crippen LogP contribution is -2.56. The minimum Gasteiger partial charge on any atom is -0.507 e. The maximum absolute atomic E-state index is 13.0. The fourth-order valence-electron chi connectivity index (χ4n) is 6.67. The van der Waals surface area contributed by atoms with Crippen LogP contribution >= 0.6 is 0 Å². The SMILES string of the molecule is COC(=O)CC[C@@H]1C(=O)CC[C@H]2[C@@]1(C)CC[C@H](C)[C@]2(C)Cc1cc(OC)cc(C)c1O. The van der Waals surface area contributed by atoms with E-state index in [1.807, 2.05) is 19.1 Å². The quantitative estimate of drug-likeness (QED) is 0.625. The van der Waals surface area contributed by atoms with Crippen molar-refractivity contribution >= 4 is 11.8 Å². The predicted molar refractivity (Wildman–Crippen MR) is 120 cm³/mol. The van der Waals surface area contributed by atoms with Crippen LogP contribution in [-0.2, 0) is 20.7 Å². The molecule has 1 aromatic carbocycles. The van der Waals surface area contributed by atoms with Crippen LogP contribution in [0.4, 0.5) is 0 Å². The highest BCUT2D eigenvalue weighted by Crippen LogP contribution is 2.63. The summed E-state index contributed by atoms with van der Waals surface area (Å²) in [7, 11) is 3.05. The lowest BCUT2D eigenvalue weighted by Gasteiger charge is -2.60. The standard InChI is InChI=1S/C26H38O5/c1-16-13-19(30-5)14-18(24(16)29)15-26(4)17(2)11-12-25(3)20(7-10-23(28)31-6)21(27)8-9-22(25)26/h13-14,17,20,22,29H,7-12,15H2,1-6H3/t17-,20+,22-,25-,26-/m0/s1. The molecule has 0 unspecified atom stereocenters. The van der Waals surface area contributed by atoms with Gasteiger partial charge < -0.3 is 14.6 Å². The van der Waals surface area contributed by atoms with Crippen LogP contribution in [0.5, 0.6) is 11.5 Å². The molecular weight excluding hydrogens is 392 g/mol. The summed E-state index contributed by atoms with van der Waals surface area (Å²) in [6, 6.07) is 3.81. The van der Waals surface area contributed by atoms with Gasteiger partial charge in [0.1, 0.15) is 17.3 Å². The van der Waals surface area contributed by atoms with Gasteiger partial charge in [-0.2, -0.15) is 0 Å². The Hall–Kier alpha value is -2.04. The van der Waals surface area contributed by atoms with Crippen LogP contribution in [0.2, 0.25) is 0 Å². The molecule has 0 spiro atoms. The zero-order valence-electron chi connectivity index (χ0n) is 19.9. The molecule has 5 atom stereocenters. The molecule has 31 heavy (non-hydrogen) atoms. The molecule has 0 heterocycles. The molecule has 2 saturated carbocycles. The number of ketones is 1. The lowest BCUT2D eigenvalue weighted by molar-refractivity contribution is -0.152. The summed E-state index contributed by atoms with van der Waals surface area (Å²) in [4.78, 5) is 24.8. The van der Waals surface area contributed by atoms with Crippen LogP contribution in [0.25, 0.3) is 0 Å². The summed E-state index contributed by atoms with van der Waals surface area (Å²) in [5.74, 6) is 1.84. The lowest BCUT2D eigenvalue weighted by atomic mass is 9.44. The second-order valence-corrected chi connectivity index (χ2v) is 10.3. The molecule has 0 saturated heterocycles. The van der Waals surface area contributed by atoms with Gasteiger partial charge in [0.2, 0.25) is 0 Å². The van der Waals surface area contributed by atoms with E-state index in [1.54, 1.807) is 7.11 Å². The van der Waals surface area contributed by atoms with Gasteiger partial charge in [-0.15, -0.1) is 0 Å². The Morgan fingerprint density at radius 3 is 2.58 bits per heavy atom. The summed E-state index contributed by atoms with van der Waals surface area (Å²) < 4.78 is 10.3. The van der Waals surface area contributed by atoms with Crippen LogP contribution in [0.1, 0.15) is 70.4 Å². The summed E-state index contributed by atoms with van der Waals surface area (Å²) in [6.07, 6.45) is 5.07. The number of aromatic hydroxyl groups is 1. The number of fused-ring (bicyclic) bond motifs is 1. The highest BCUT2D eigenvalue weighted by molar-refractivity contribution is 5.83. The van der Waals surface area contributed by atoms with Crippen molar-refractivity contribution < 1.29 is 24.2 Å². The second-order valence-electron chi connectivity index (χ2n) is 10.3. The van der Waals surface area contributed by atoms with Crippen molar-refractivity contribution in [2.24, 2.45) is 28.6 Å². The molecule has 0 aliphatic heterocycles. The molecule has 5 heteroatoms. The largest absolute Gasteiger partial charge is 0.507 e. The Morgan fingerprint density at radius 2 is 1.94 bits per heavy atom. The van der Waals surface area contributed by atoms with Crippen LogP contribution < -0.4 is 4.74 Å². The molecule has 5 nitrogen and oxygen atoms in total. The number of ether oxygens (including phenoxy) is 2. The minimum atomic E-state index is -0.248. The molecule has 2 aliphatic rings. The molecule has 2 aliphatic carbocycles. The first-order chi connectivity index (χ1) is 14.6. The van der Waals surface area contributed by atoms with E-state index in [0.29, 0.717) is 36.2 Å². The zero-order chi connectivity index (χ0) is 23.0.